The molecule has 0 bridgehead atoms. The molecule has 3 rings (SSSR count). The highest BCUT2D eigenvalue weighted by atomic mass is 16.2. The second kappa shape index (κ2) is 7.02. The van der Waals surface area contributed by atoms with Gasteiger partial charge in [0.25, 0.3) is 0 Å². The van der Waals surface area contributed by atoms with Crippen LogP contribution in [0.5, 0.6) is 0 Å². The molecule has 0 radical (unpaired) electrons. The Morgan fingerprint density at radius 1 is 1.24 bits per heavy atom. The molecule has 6 nitrogen and oxygen atoms in total. The number of nitrogens with zero attached hydrogens (tertiary/aromatic N) is 2. The Bertz CT molecular complexity index is 649. The van der Waals surface area contributed by atoms with E-state index in [9.17, 15) is 9.59 Å². The van der Waals surface area contributed by atoms with Crippen LogP contribution in [-0.2, 0) is 9.59 Å². The molecular weight excluding hydrogens is 316 g/mol. The highest BCUT2D eigenvalue weighted by Gasteiger charge is 2.32. The minimum atomic E-state index is -0.471. The average molecular weight is 344 g/mol. The van der Waals surface area contributed by atoms with Gasteiger partial charge in [0.1, 0.15) is 0 Å². The van der Waals surface area contributed by atoms with E-state index >= 15 is 0 Å². The monoisotopic (exact) mass is 344 g/mol. The Kier molecular flexibility index (Phi) is 4.97. The fourth-order valence-corrected chi connectivity index (χ4v) is 2.99. The van der Waals surface area contributed by atoms with E-state index in [1.165, 1.54) is 0 Å². The topological polar surface area (TPSA) is 74.3 Å². The fraction of sp³-hybridized carbons (Fsp3) is 0.632. The lowest BCUT2D eigenvalue weighted by Gasteiger charge is -2.34. The van der Waals surface area contributed by atoms with Gasteiger partial charge in [-0.2, -0.15) is 0 Å². The minimum Gasteiger partial charge on any atom is -0.354 e. The molecule has 2 amide bonds. The predicted molar refractivity (Wildman–Crippen MR) is 98.4 cm³/mol. The SMILES string of the molecule is CC(C)(C)C(=O)Nc1cccnc1N1CCCC(C(=O)NC2CC2)C1. The number of nitrogens with one attached hydrogen (secondary N) is 2. The summed E-state index contributed by atoms with van der Waals surface area (Å²) in [5.41, 5.74) is 0.243. The molecule has 1 aromatic heterocycles. The van der Waals surface area contributed by atoms with Gasteiger partial charge >= 0.3 is 0 Å². The maximum Gasteiger partial charge on any atom is 0.229 e. The molecule has 2 fully saturated rings. The Labute approximate surface area is 149 Å². The minimum absolute atomic E-state index is 0.0116. The predicted octanol–water partition coefficient (Wildman–Crippen LogP) is 2.56. The van der Waals surface area contributed by atoms with E-state index in [2.05, 4.69) is 20.5 Å². The van der Waals surface area contributed by atoms with Crippen molar-refractivity contribution in [2.75, 3.05) is 23.3 Å². The summed E-state index contributed by atoms with van der Waals surface area (Å²) in [5, 5.41) is 6.10. The van der Waals surface area contributed by atoms with E-state index in [1.807, 2.05) is 32.9 Å². The van der Waals surface area contributed by atoms with Gasteiger partial charge in [-0.05, 0) is 37.8 Å². The van der Waals surface area contributed by atoms with Gasteiger partial charge < -0.3 is 15.5 Å². The van der Waals surface area contributed by atoms with E-state index in [0.717, 1.165) is 38.0 Å². The third-order valence-corrected chi connectivity index (χ3v) is 4.73. The number of hydrogen-bond donors (Lipinski definition) is 2. The van der Waals surface area contributed by atoms with Gasteiger partial charge in [-0.1, -0.05) is 20.8 Å². The van der Waals surface area contributed by atoms with E-state index in [1.54, 1.807) is 6.20 Å². The number of amides is 2. The number of anilines is 2. The summed E-state index contributed by atoms with van der Waals surface area (Å²) in [7, 11) is 0. The van der Waals surface area contributed by atoms with Gasteiger partial charge in [-0.15, -0.1) is 0 Å². The molecular formula is C19H28N4O2. The first-order valence-corrected chi connectivity index (χ1v) is 9.16. The maximum absolute atomic E-state index is 12.4. The lowest BCUT2D eigenvalue weighted by molar-refractivity contribution is -0.125. The molecule has 1 aliphatic carbocycles. The van der Waals surface area contributed by atoms with E-state index in [4.69, 9.17) is 0 Å². The van der Waals surface area contributed by atoms with Crippen molar-refractivity contribution < 1.29 is 9.59 Å². The van der Waals surface area contributed by atoms with Crippen molar-refractivity contribution in [3.05, 3.63) is 18.3 Å². The van der Waals surface area contributed by atoms with E-state index in [0.29, 0.717) is 18.3 Å². The zero-order valence-corrected chi connectivity index (χ0v) is 15.3. The highest BCUT2D eigenvalue weighted by molar-refractivity contribution is 5.97. The van der Waals surface area contributed by atoms with Crippen molar-refractivity contribution in [2.24, 2.45) is 11.3 Å². The fourth-order valence-electron chi connectivity index (χ4n) is 2.99. The van der Waals surface area contributed by atoms with Crippen LogP contribution in [0.15, 0.2) is 18.3 Å². The van der Waals surface area contributed by atoms with Gasteiger partial charge in [-0.25, -0.2) is 4.98 Å². The summed E-state index contributed by atoms with van der Waals surface area (Å²) in [4.78, 5) is 31.3. The van der Waals surface area contributed by atoms with Crippen LogP contribution in [0.4, 0.5) is 11.5 Å². The normalized spacial score (nSPS) is 20.9. The molecule has 136 valence electrons. The van der Waals surface area contributed by atoms with Gasteiger partial charge in [0.05, 0.1) is 11.6 Å². The van der Waals surface area contributed by atoms with Crippen molar-refractivity contribution in [3.63, 3.8) is 0 Å². The quantitative estimate of drug-likeness (QED) is 0.880. The van der Waals surface area contributed by atoms with Gasteiger partial charge in [0.15, 0.2) is 5.82 Å². The lowest BCUT2D eigenvalue weighted by atomic mass is 9.95. The van der Waals surface area contributed by atoms with Gasteiger partial charge in [0.2, 0.25) is 11.8 Å². The van der Waals surface area contributed by atoms with Crippen LogP contribution in [0.25, 0.3) is 0 Å². The first kappa shape index (κ1) is 17.7. The van der Waals surface area contributed by atoms with Crippen molar-refractivity contribution in [1.29, 1.82) is 0 Å². The smallest absolute Gasteiger partial charge is 0.229 e. The van der Waals surface area contributed by atoms with Gasteiger partial charge in [0, 0.05) is 30.7 Å². The zero-order valence-electron chi connectivity index (χ0n) is 15.3. The van der Waals surface area contributed by atoms with Crippen LogP contribution in [0.2, 0.25) is 0 Å². The third-order valence-electron chi connectivity index (χ3n) is 4.73. The molecule has 1 saturated heterocycles. The summed E-state index contributed by atoms with van der Waals surface area (Å²) in [6, 6.07) is 4.09. The Morgan fingerprint density at radius 2 is 2.00 bits per heavy atom. The second-order valence-corrected chi connectivity index (χ2v) is 8.15. The number of aromatic nitrogens is 1. The molecule has 0 aromatic carbocycles. The number of rotatable bonds is 4. The number of carbonyl (C=O) groups is 2. The van der Waals surface area contributed by atoms with E-state index < -0.39 is 5.41 Å². The summed E-state index contributed by atoms with van der Waals surface area (Å²) in [6.07, 6.45) is 5.80. The summed E-state index contributed by atoms with van der Waals surface area (Å²) in [5.74, 6) is 0.858. The lowest BCUT2D eigenvalue weighted by Crippen LogP contribution is -2.44. The summed E-state index contributed by atoms with van der Waals surface area (Å²) >= 11 is 0. The number of carbonyl (C=O) groups excluding carboxylic acids is 2. The Hall–Kier alpha value is -2.11. The molecule has 25 heavy (non-hydrogen) atoms. The molecule has 2 heterocycles. The largest absolute Gasteiger partial charge is 0.354 e. The van der Waals surface area contributed by atoms with Crippen molar-refractivity contribution >= 4 is 23.3 Å². The number of pyridine rings is 1. The zero-order chi connectivity index (χ0) is 18.0. The Balaban J connectivity index is 1.72. The molecule has 0 spiro atoms. The second-order valence-electron chi connectivity index (χ2n) is 8.15. The average Bonchev–Trinajstić information content (AvgIpc) is 3.38. The highest BCUT2D eigenvalue weighted by Crippen LogP contribution is 2.30. The first-order valence-electron chi connectivity index (χ1n) is 9.16. The van der Waals surface area contributed by atoms with Crippen molar-refractivity contribution in [3.8, 4) is 0 Å². The molecule has 1 aliphatic heterocycles. The van der Waals surface area contributed by atoms with Crippen LogP contribution >= 0.6 is 0 Å². The maximum atomic E-state index is 12.4. The summed E-state index contributed by atoms with van der Waals surface area (Å²) < 4.78 is 0. The first-order chi connectivity index (χ1) is 11.8. The molecule has 2 N–H and O–H groups in total. The van der Waals surface area contributed by atoms with Crippen LogP contribution in [0.3, 0.4) is 0 Å². The van der Waals surface area contributed by atoms with Crippen LogP contribution < -0.4 is 15.5 Å². The molecule has 1 saturated carbocycles. The van der Waals surface area contributed by atoms with E-state index in [-0.39, 0.29) is 17.7 Å². The number of piperidine rings is 1. The number of hydrogen-bond acceptors (Lipinski definition) is 4. The molecule has 1 unspecified atom stereocenters. The third kappa shape index (κ3) is 4.50. The van der Waals surface area contributed by atoms with Crippen LogP contribution in [-0.4, -0.2) is 35.9 Å². The van der Waals surface area contributed by atoms with Gasteiger partial charge in [-0.3, -0.25) is 9.59 Å². The Morgan fingerprint density at radius 3 is 2.68 bits per heavy atom. The van der Waals surface area contributed by atoms with Crippen LogP contribution in [0.1, 0.15) is 46.5 Å². The van der Waals surface area contributed by atoms with Crippen molar-refractivity contribution in [2.45, 2.75) is 52.5 Å². The molecule has 2 aliphatic rings. The van der Waals surface area contributed by atoms with Crippen molar-refractivity contribution in [1.82, 2.24) is 10.3 Å². The molecule has 6 heteroatoms. The standard InChI is InChI=1S/C19H28N4O2/c1-19(2,3)18(25)22-15-7-4-10-20-16(15)23-11-5-6-13(12-23)17(24)21-14-8-9-14/h4,7,10,13-14H,5-6,8-9,11-12H2,1-3H3,(H,21,24)(H,22,25). The molecule has 1 atom stereocenters. The molecule has 1 aromatic rings. The summed E-state index contributed by atoms with van der Waals surface area (Å²) in [6.45, 7) is 7.16. The van der Waals surface area contributed by atoms with Crippen LogP contribution in [0, 0.1) is 11.3 Å².